The van der Waals surface area contributed by atoms with E-state index in [4.69, 9.17) is 9.68 Å². The van der Waals surface area contributed by atoms with E-state index in [1.54, 1.807) is 12.1 Å². The number of hydrogen-bond donors (Lipinski definition) is 1. The first kappa shape index (κ1) is 13.4. The molecule has 0 radical (unpaired) electrons. The standard InChI is InChI=1S/C13H13N3O2S/c1-8(2)7-19-13-15-11(10-4-3-5-18-10)9(6-14)12(17)16-13/h3-5,8H,7H2,1-2H3,(H,15,16,17). The third-order valence-electron chi connectivity index (χ3n) is 2.32. The lowest BCUT2D eigenvalue weighted by Gasteiger charge is -2.05. The van der Waals surface area contributed by atoms with Crippen LogP contribution in [-0.2, 0) is 0 Å². The van der Waals surface area contributed by atoms with E-state index >= 15 is 0 Å². The predicted molar refractivity (Wildman–Crippen MR) is 72.8 cm³/mol. The van der Waals surface area contributed by atoms with Gasteiger partial charge in [-0.2, -0.15) is 5.26 Å². The van der Waals surface area contributed by atoms with Gasteiger partial charge in [-0.3, -0.25) is 4.79 Å². The van der Waals surface area contributed by atoms with Crippen LogP contribution in [0.1, 0.15) is 19.4 Å². The van der Waals surface area contributed by atoms with Gasteiger partial charge in [-0.1, -0.05) is 25.6 Å². The lowest BCUT2D eigenvalue weighted by molar-refractivity contribution is 0.578. The molecule has 19 heavy (non-hydrogen) atoms. The van der Waals surface area contributed by atoms with Crippen LogP contribution in [0.15, 0.2) is 32.8 Å². The van der Waals surface area contributed by atoms with Crippen molar-refractivity contribution in [2.24, 2.45) is 5.92 Å². The van der Waals surface area contributed by atoms with Crippen molar-refractivity contribution >= 4 is 11.8 Å². The Morgan fingerprint density at radius 1 is 1.58 bits per heavy atom. The summed E-state index contributed by atoms with van der Waals surface area (Å²) in [6, 6.07) is 5.24. The number of furan rings is 1. The Hall–Kier alpha value is -2.00. The van der Waals surface area contributed by atoms with Crippen LogP contribution in [0.4, 0.5) is 0 Å². The molecule has 98 valence electrons. The molecule has 0 aromatic carbocycles. The summed E-state index contributed by atoms with van der Waals surface area (Å²) in [6.07, 6.45) is 1.49. The Morgan fingerprint density at radius 3 is 2.95 bits per heavy atom. The predicted octanol–water partition coefficient (Wildman–Crippen LogP) is 2.65. The van der Waals surface area contributed by atoms with E-state index in [0.717, 1.165) is 5.75 Å². The number of hydrogen-bond acceptors (Lipinski definition) is 5. The summed E-state index contributed by atoms with van der Waals surface area (Å²) in [5.74, 6) is 1.75. The van der Waals surface area contributed by atoms with Crippen molar-refractivity contribution in [1.82, 2.24) is 9.97 Å². The number of nitrogens with one attached hydrogen (secondary N) is 1. The zero-order valence-corrected chi connectivity index (χ0v) is 11.5. The summed E-state index contributed by atoms with van der Waals surface area (Å²) in [5, 5.41) is 9.55. The van der Waals surface area contributed by atoms with Gasteiger partial charge in [0.2, 0.25) is 0 Å². The topological polar surface area (TPSA) is 82.7 Å². The first-order valence-electron chi connectivity index (χ1n) is 5.83. The zero-order chi connectivity index (χ0) is 13.8. The summed E-state index contributed by atoms with van der Waals surface area (Å²) in [5.41, 5.74) is -0.165. The lowest BCUT2D eigenvalue weighted by atomic mass is 10.2. The third kappa shape index (κ3) is 3.06. The van der Waals surface area contributed by atoms with Crippen molar-refractivity contribution in [3.63, 3.8) is 0 Å². The van der Waals surface area contributed by atoms with Gasteiger partial charge in [-0.15, -0.1) is 0 Å². The SMILES string of the molecule is CC(C)CSc1nc(-c2ccco2)c(C#N)c(=O)[nH]1. The molecule has 0 fully saturated rings. The molecule has 0 atom stereocenters. The Bertz CT molecular complexity index is 654. The minimum atomic E-state index is -0.435. The molecule has 2 aromatic heterocycles. The largest absolute Gasteiger partial charge is 0.463 e. The van der Waals surface area contributed by atoms with Crippen LogP contribution in [0.2, 0.25) is 0 Å². The number of nitrogens with zero attached hydrogens (tertiary/aromatic N) is 2. The van der Waals surface area contributed by atoms with Gasteiger partial charge in [0.25, 0.3) is 5.56 Å². The van der Waals surface area contributed by atoms with Crippen LogP contribution in [0.25, 0.3) is 11.5 Å². The number of thioether (sulfide) groups is 1. The van der Waals surface area contributed by atoms with E-state index in [1.165, 1.54) is 18.0 Å². The highest BCUT2D eigenvalue weighted by Gasteiger charge is 2.15. The second-order valence-electron chi connectivity index (χ2n) is 4.39. The Balaban J connectivity index is 2.46. The highest BCUT2D eigenvalue weighted by Crippen LogP contribution is 2.23. The molecule has 0 aliphatic rings. The van der Waals surface area contributed by atoms with Crippen LogP contribution in [0.5, 0.6) is 0 Å². The molecule has 0 spiro atoms. The summed E-state index contributed by atoms with van der Waals surface area (Å²) in [4.78, 5) is 18.8. The summed E-state index contributed by atoms with van der Waals surface area (Å²) >= 11 is 1.46. The maximum atomic E-state index is 11.9. The van der Waals surface area contributed by atoms with E-state index in [9.17, 15) is 4.79 Å². The van der Waals surface area contributed by atoms with Crippen LogP contribution < -0.4 is 5.56 Å². The molecule has 0 unspecified atom stereocenters. The van der Waals surface area contributed by atoms with E-state index in [1.807, 2.05) is 6.07 Å². The molecule has 0 saturated carbocycles. The quantitative estimate of drug-likeness (QED) is 0.685. The van der Waals surface area contributed by atoms with Crippen molar-refractivity contribution in [2.45, 2.75) is 19.0 Å². The molecule has 0 aliphatic carbocycles. The number of rotatable bonds is 4. The molecular formula is C13H13N3O2S. The van der Waals surface area contributed by atoms with Crippen molar-refractivity contribution in [1.29, 1.82) is 5.26 Å². The maximum Gasteiger partial charge on any atom is 0.270 e. The average molecular weight is 275 g/mol. The van der Waals surface area contributed by atoms with Gasteiger partial charge in [0, 0.05) is 5.75 Å². The molecule has 5 nitrogen and oxygen atoms in total. The van der Waals surface area contributed by atoms with Gasteiger partial charge in [0.15, 0.2) is 10.9 Å². The van der Waals surface area contributed by atoms with Gasteiger partial charge in [-0.05, 0) is 18.1 Å². The number of H-pyrrole nitrogens is 1. The second-order valence-corrected chi connectivity index (χ2v) is 5.40. The van der Waals surface area contributed by atoms with E-state index in [-0.39, 0.29) is 5.56 Å². The third-order valence-corrected chi connectivity index (χ3v) is 3.62. The fourth-order valence-corrected chi connectivity index (χ4v) is 2.27. The molecule has 0 bridgehead atoms. The first-order valence-corrected chi connectivity index (χ1v) is 6.81. The van der Waals surface area contributed by atoms with Crippen molar-refractivity contribution in [3.05, 3.63) is 34.3 Å². The maximum absolute atomic E-state index is 11.9. The molecule has 2 rings (SSSR count). The monoisotopic (exact) mass is 275 g/mol. The molecule has 0 aliphatic heterocycles. The first-order chi connectivity index (χ1) is 9.11. The van der Waals surface area contributed by atoms with Gasteiger partial charge in [0.05, 0.1) is 6.26 Å². The average Bonchev–Trinajstić information content (AvgIpc) is 2.89. The molecule has 0 amide bonds. The molecule has 0 saturated heterocycles. The fourth-order valence-electron chi connectivity index (χ4n) is 1.46. The lowest BCUT2D eigenvalue weighted by Crippen LogP contribution is -2.15. The van der Waals surface area contributed by atoms with E-state index in [0.29, 0.717) is 22.5 Å². The van der Waals surface area contributed by atoms with Gasteiger partial charge in [0.1, 0.15) is 17.3 Å². The van der Waals surface area contributed by atoms with Gasteiger partial charge in [-0.25, -0.2) is 4.98 Å². The Labute approximate surface area is 114 Å². The Morgan fingerprint density at radius 2 is 2.37 bits per heavy atom. The number of aromatic nitrogens is 2. The molecule has 6 heteroatoms. The van der Waals surface area contributed by atoms with E-state index in [2.05, 4.69) is 23.8 Å². The summed E-state index contributed by atoms with van der Waals surface area (Å²) in [6.45, 7) is 4.17. The summed E-state index contributed by atoms with van der Waals surface area (Å²) < 4.78 is 5.22. The normalized spacial score (nSPS) is 10.6. The zero-order valence-electron chi connectivity index (χ0n) is 10.6. The Kier molecular flexibility index (Phi) is 4.07. The van der Waals surface area contributed by atoms with Crippen molar-refractivity contribution in [2.75, 3.05) is 5.75 Å². The summed E-state index contributed by atoms with van der Waals surface area (Å²) in [7, 11) is 0. The van der Waals surface area contributed by atoms with Crippen molar-refractivity contribution < 1.29 is 4.42 Å². The fraction of sp³-hybridized carbons (Fsp3) is 0.308. The number of nitriles is 1. The molecule has 2 aromatic rings. The smallest absolute Gasteiger partial charge is 0.270 e. The van der Waals surface area contributed by atoms with Gasteiger partial charge < -0.3 is 9.40 Å². The number of aromatic amines is 1. The molecule has 2 heterocycles. The minimum Gasteiger partial charge on any atom is -0.463 e. The molecular weight excluding hydrogens is 262 g/mol. The van der Waals surface area contributed by atoms with Crippen molar-refractivity contribution in [3.8, 4) is 17.5 Å². The van der Waals surface area contributed by atoms with E-state index < -0.39 is 5.56 Å². The molecule has 1 N–H and O–H groups in total. The van der Waals surface area contributed by atoms with Gasteiger partial charge >= 0.3 is 0 Å². The van der Waals surface area contributed by atoms with Crippen LogP contribution in [0.3, 0.4) is 0 Å². The second kappa shape index (κ2) is 5.76. The van der Waals surface area contributed by atoms with Crippen LogP contribution >= 0.6 is 11.8 Å². The highest BCUT2D eigenvalue weighted by molar-refractivity contribution is 7.99. The highest BCUT2D eigenvalue weighted by atomic mass is 32.2. The minimum absolute atomic E-state index is 0.0242. The van der Waals surface area contributed by atoms with Crippen LogP contribution in [0, 0.1) is 17.2 Å². The van der Waals surface area contributed by atoms with Crippen LogP contribution in [-0.4, -0.2) is 15.7 Å².